The lowest BCUT2D eigenvalue weighted by molar-refractivity contribution is -0.0366. The van der Waals surface area contributed by atoms with Gasteiger partial charge in [0.25, 0.3) is 0 Å². The number of pyridine rings is 1. The van der Waals surface area contributed by atoms with Gasteiger partial charge in [-0.05, 0) is 65.8 Å². The van der Waals surface area contributed by atoms with E-state index in [-0.39, 0.29) is 41.5 Å². The van der Waals surface area contributed by atoms with Crippen LogP contribution in [-0.4, -0.2) is 105 Å². The fourth-order valence-electron chi connectivity index (χ4n) is 7.54. The number of halogens is 3. The van der Waals surface area contributed by atoms with E-state index in [2.05, 4.69) is 19.8 Å². The average Bonchev–Trinajstić information content (AvgIpc) is 3.55. The van der Waals surface area contributed by atoms with Gasteiger partial charge in [0, 0.05) is 32.3 Å². The van der Waals surface area contributed by atoms with Crippen LogP contribution in [0.1, 0.15) is 65.7 Å². The zero-order valence-electron chi connectivity index (χ0n) is 25.0. The topological polar surface area (TPSA) is 93.1 Å². The van der Waals surface area contributed by atoms with Crippen molar-refractivity contribution in [1.82, 2.24) is 24.8 Å². The summed E-state index contributed by atoms with van der Waals surface area (Å²) in [6, 6.07) is -0.144. The Bertz CT molecular complexity index is 1430. The van der Waals surface area contributed by atoms with E-state index >= 15 is 4.39 Å². The lowest BCUT2D eigenvalue weighted by Gasteiger charge is -2.49. The molecule has 6 heterocycles. The van der Waals surface area contributed by atoms with Crippen molar-refractivity contribution >= 4 is 34.4 Å². The third-order valence-electron chi connectivity index (χ3n) is 9.57. The molecule has 0 radical (unpaired) electrons. The van der Waals surface area contributed by atoms with Gasteiger partial charge in [0.1, 0.15) is 29.7 Å². The summed E-state index contributed by atoms with van der Waals surface area (Å²) in [5, 5.41) is 0.117. The first-order valence-corrected chi connectivity index (χ1v) is 15.8. The van der Waals surface area contributed by atoms with Crippen LogP contribution in [0.5, 0.6) is 6.01 Å². The van der Waals surface area contributed by atoms with E-state index < -0.39 is 28.7 Å². The predicted octanol–water partition coefficient (Wildman–Crippen LogP) is 4.91. The van der Waals surface area contributed by atoms with Crippen LogP contribution in [0.4, 0.5) is 19.4 Å². The number of anilines is 1. The predicted molar refractivity (Wildman–Crippen MR) is 156 cm³/mol. The molecular formula is C30H39ClF2N6O4. The molecule has 0 aromatic carbocycles. The van der Waals surface area contributed by atoms with E-state index in [0.29, 0.717) is 43.9 Å². The smallest absolute Gasteiger partial charge is 0.411 e. The molecule has 5 fully saturated rings. The van der Waals surface area contributed by atoms with E-state index in [1.165, 1.54) is 6.20 Å². The molecule has 4 atom stereocenters. The van der Waals surface area contributed by atoms with Crippen molar-refractivity contribution in [2.24, 2.45) is 0 Å². The first kappa shape index (κ1) is 29.2. The van der Waals surface area contributed by atoms with Gasteiger partial charge >= 0.3 is 12.1 Å². The maximum atomic E-state index is 15.4. The second-order valence-electron chi connectivity index (χ2n) is 14.0. The number of nitrogens with zero attached hydrogens (tertiary/aromatic N) is 6. The molecule has 1 saturated carbocycles. The van der Waals surface area contributed by atoms with Crippen molar-refractivity contribution < 1.29 is 27.8 Å². The molecule has 7 rings (SSSR count). The maximum absolute atomic E-state index is 15.4. The summed E-state index contributed by atoms with van der Waals surface area (Å²) in [4.78, 5) is 32.9. The van der Waals surface area contributed by atoms with E-state index in [9.17, 15) is 9.18 Å². The van der Waals surface area contributed by atoms with Crippen molar-refractivity contribution in [3.63, 3.8) is 0 Å². The third kappa shape index (κ3) is 5.37. The molecule has 0 spiro atoms. The van der Waals surface area contributed by atoms with Gasteiger partial charge in [-0.2, -0.15) is 9.97 Å². The lowest BCUT2D eigenvalue weighted by atomic mass is 9.95. The Hall–Kier alpha value is -2.57. The Labute approximate surface area is 255 Å². The number of amides is 1. The quantitative estimate of drug-likeness (QED) is 0.400. The Morgan fingerprint density at radius 1 is 1.14 bits per heavy atom. The molecule has 10 nitrogen and oxygen atoms in total. The highest BCUT2D eigenvalue weighted by Gasteiger charge is 2.56. The van der Waals surface area contributed by atoms with Crippen molar-refractivity contribution in [2.45, 2.75) is 101 Å². The van der Waals surface area contributed by atoms with Crippen LogP contribution >= 0.6 is 11.6 Å². The summed E-state index contributed by atoms with van der Waals surface area (Å²) in [6.07, 6.45) is 6.19. The van der Waals surface area contributed by atoms with Crippen LogP contribution in [0.25, 0.3) is 10.9 Å². The van der Waals surface area contributed by atoms with Gasteiger partial charge in [-0.1, -0.05) is 11.6 Å². The van der Waals surface area contributed by atoms with E-state index in [1.807, 2.05) is 25.7 Å². The highest BCUT2D eigenvalue weighted by atomic mass is 35.5. The monoisotopic (exact) mass is 620 g/mol. The molecular weight excluding hydrogens is 582 g/mol. The van der Waals surface area contributed by atoms with Crippen LogP contribution in [0.15, 0.2) is 6.20 Å². The number of aromatic nitrogens is 3. The molecule has 4 aliphatic heterocycles. The molecule has 1 amide bonds. The summed E-state index contributed by atoms with van der Waals surface area (Å²) in [6.45, 7) is 8.28. The number of alkyl halides is 1. The van der Waals surface area contributed by atoms with Gasteiger partial charge in [-0.25, -0.2) is 18.6 Å². The molecule has 1 aliphatic carbocycles. The Kier molecular flexibility index (Phi) is 7.13. The first-order valence-electron chi connectivity index (χ1n) is 15.4. The molecule has 0 N–H and O–H groups in total. The average molecular weight is 621 g/mol. The van der Waals surface area contributed by atoms with Gasteiger partial charge in [-0.3, -0.25) is 9.80 Å². The molecule has 43 heavy (non-hydrogen) atoms. The first-order chi connectivity index (χ1) is 20.5. The normalized spacial score (nSPS) is 30.7. The van der Waals surface area contributed by atoms with Gasteiger partial charge in [0.05, 0.1) is 35.2 Å². The largest absolute Gasteiger partial charge is 0.461 e. The lowest BCUT2D eigenvalue weighted by Crippen LogP contribution is -2.66. The number of fused-ring (bicyclic) bond motifs is 4. The summed E-state index contributed by atoms with van der Waals surface area (Å²) < 4.78 is 48.1. The van der Waals surface area contributed by atoms with Crippen LogP contribution in [0.3, 0.4) is 0 Å². The van der Waals surface area contributed by atoms with Gasteiger partial charge in [0.2, 0.25) is 0 Å². The molecule has 2 aromatic rings. The number of hydrogen-bond donors (Lipinski definition) is 0. The summed E-state index contributed by atoms with van der Waals surface area (Å²) in [5.41, 5.74) is -1.68. The molecule has 234 valence electrons. The van der Waals surface area contributed by atoms with Gasteiger partial charge < -0.3 is 19.1 Å². The highest BCUT2D eigenvalue weighted by molar-refractivity contribution is 6.30. The minimum Gasteiger partial charge on any atom is -0.461 e. The molecule has 2 bridgehead atoms. The Morgan fingerprint density at radius 3 is 2.72 bits per heavy atom. The van der Waals surface area contributed by atoms with E-state index in [4.69, 9.17) is 30.8 Å². The van der Waals surface area contributed by atoms with Gasteiger partial charge in [0.15, 0.2) is 11.0 Å². The third-order valence-corrected chi connectivity index (χ3v) is 9.83. The SMILES string of the molecule is CC(C)(C)OC(=O)N1C2CCC1(COC1CC1)CN(c1nc(OC[C@@]34CCCN3C[C@H](F)C4)nc3c(F)c(Cl)ncc13)C2. The van der Waals surface area contributed by atoms with Crippen molar-refractivity contribution in [3.05, 3.63) is 17.2 Å². The molecule has 2 unspecified atom stereocenters. The van der Waals surface area contributed by atoms with Crippen LogP contribution < -0.4 is 9.64 Å². The zero-order valence-corrected chi connectivity index (χ0v) is 25.7. The minimum atomic E-state index is -0.898. The zero-order chi connectivity index (χ0) is 30.1. The van der Waals surface area contributed by atoms with Crippen molar-refractivity contribution in [1.29, 1.82) is 0 Å². The van der Waals surface area contributed by atoms with Crippen molar-refractivity contribution in [2.75, 3.05) is 44.3 Å². The highest BCUT2D eigenvalue weighted by Crippen LogP contribution is 2.45. The van der Waals surface area contributed by atoms with Crippen LogP contribution in [-0.2, 0) is 9.47 Å². The number of carbonyl (C=O) groups is 1. The fraction of sp³-hybridized carbons (Fsp3) is 0.733. The number of carbonyl (C=O) groups excluding carboxylic acids is 1. The summed E-state index contributed by atoms with van der Waals surface area (Å²) in [7, 11) is 0. The summed E-state index contributed by atoms with van der Waals surface area (Å²) >= 11 is 6.08. The van der Waals surface area contributed by atoms with Crippen molar-refractivity contribution in [3.8, 4) is 6.01 Å². The second kappa shape index (κ2) is 10.5. The molecule has 2 aromatic heterocycles. The number of rotatable bonds is 7. The van der Waals surface area contributed by atoms with E-state index in [1.54, 1.807) is 0 Å². The summed E-state index contributed by atoms with van der Waals surface area (Å²) in [5.74, 6) is -0.287. The Morgan fingerprint density at radius 2 is 1.95 bits per heavy atom. The fourth-order valence-corrected chi connectivity index (χ4v) is 7.68. The number of piperazine rings is 1. The van der Waals surface area contributed by atoms with E-state index in [0.717, 1.165) is 45.1 Å². The van der Waals surface area contributed by atoms with Gasteiger partial charge in [-0.15, -0.1) is 0 Å². The standard InChI is InChI=1S/C30H39ClF2N6O4/c1-28(2,3)43-27(40)39-19-7-9-30(39,17-41-20-5-6-20)15-37(14-19)25-21-12-34-24(31)22(33)23(21)35-26(36-25)42-16-29-8-4-10-38(29)13-18(32)11-29/h12,18-20H,4-11,13-17H2,1-3H3/t18-,19?,29+,30?/m1/s1. The van der Waals surface area contributed by atoms with Crippen LogP contribution in [0.2, 0.25) is 5.15 Å². The molecule has 4 saturated heterocycles. The second-order valence-corrected chi connectivity index (χ2v) is 14.3. The molecule has 5 aliphatic rings. The van der Waals surface area contributed by atoms with Crippen LogP contribution in [0, 0.1) is 5.82 Å². The minimum absolute atomic E-state index is 0.0115. The maximum Gasteiger partial charge on any atom is 0.411 e. The Balaban J connectivity index is 1.23. The molecule has 13 heteroatoms. The number of ether oxygens (including phenoxy) is 3. The number of hydrogen-bond acceptors (Lipinski definition) is 9.